The van der Waals surface area contributed by atoms with E-state index in [1.807, 2.05) is 43.3 Å². The maximum Gasteiger partial charge on any atom is 0.309 e. The van der Waals surface area contributed by atoms with Crippen LogP contribution in [0.15, 0.2) is 24.3 Å². The molecule has 0 unspecified atom stereocenters. The summed E-state index contributed by atoms with van der Waals surface area (Å²) in [4.78, 5) is 40.5. The van der Waals surface area contributed by atoms with Gasteiger partial charge in [-0.1, -0.05) is 18.6 Å². The van der Waals surface area contributed by atoms with Gasteiger partial charge in [-0.2, -0.15) is 0 Å². The summed E-state index contributed by atoms with van der Waals surface area (Å²) in [5, 5.41) is 0. The number of nitrogens with zero attached hydrogens (tertiary/aromatic N) is 2. The van der Waals surface area contributed by atoms with Crippen LogP contribution in [0.3, 0.4) is 0 Å². The zero-order valence-corrected chi connectivity index (χ0v) is 17.0. The van der Waals surface area contributed by atoms with Crippen molar-refractivity contribution in [2.75, 3.05) is 32.6 Å². The molecule has 0 spiro atoms. The first-order chi connectivity index (χ1) is 13.3. The maximum atomic E-state index is 12.4. The minimum atomic E-state index is -0.332. The van der Waals surface area contributed by atoms with E-state index in [-0.39, 0.29) is 36.2 Å². The molecule has 28 heavy (non-hydrogen) atoms. The van der Waals surface area contributed by atoms with Crippen LogP contribution in [-0.2, 0) is 25.7 Å². The molecular weight excluding hydrogens is 356 g/mol. The average molecular weight is 386 g/mol. The molecule has 1 aromatic carbocycles. The van der Waals surface area contributed by atoms with Crippen LogP contribution in [0.2, 0.25) is 0 Å². The van der Waals surface area contributed by atoms with E-state index in [9.17, 15) is 14.4 Å². The fourth-order valence-corrected chi connectivity index (χ4v) is 4.29. The van der Waals surface area contributed by atoms with Crippen LogP contribution in [0.1, 0.15) is 37.7 Å². The number of carbonyl (C=O) groups excluding carboxylic acids is 3. The van der Waals surface area contributed by atoms with Gasteiger partial charge in [0.05, 0.1) is 5.92 Å². The van der Waals surface area contributed by atoms with Crippen molar-refractivity contribution >= 4 is 23.3 Å². The quantitative estimate of drug-likeness (QED) is 0.703. The Morgan fingerprint density at radius 3 is 2.21 bits per heavy atom. The highest BCUT2D eigenvalue weighted by Gasteiger charge is 2.41. The number of hydrogen-bond donors (Lipinski definition) is 0. The van der Waals surface area contributed by atoms with Crippen LogP contribution < -0.4 is 4.90 Å². The maximum absolute atomic E-state index is 12.4. The number of amides is 1. The number of carbonyl (C=O) groups is 3. The number of esters is 1. The summed E-state index contributed by atoms with van der Waals surface area (Å²) in [5.74, 6) is -0.461. The van der Waals surface area contributed by atoms with Crippen LogP contribution in [0.25, 0.3) is 0 Å². The standard InChI is InChI=1S/C22H30N2O4/c1-23(2)19-9-7-15(8-10-19)13-24(3)20(25)14-28-22(27)18-11-16-5-4-6-17(12-18)21(16)26/h7-10,16-18H,4-6,11-14H2,1-3H3/t16-,17-/m1/s1. The number of ether oxygens (including phenoxy) is 1. The van der Waals surface area contributed by atoms with Gasteiger partial charge in [0.25, 0.3) is 5.91 Å². The number of ketones is 1. The van der Waals surface area contributed by atoms with Crippen molar-refractivity contribution in [1.29, 1.82) is 0 Å². The van der Waals surface area contributed by atoms with E-state index in [2.05, 4.69) is 0 Å². The third kappa shape index (κ3) is 4.72. The Balaban J connectivity index is 1.46. The lowest BCUT2D eigenvalue weighted by Crippen LogP contribution is -2.40. The SMILES string of the molecule is CN(Cc1ccc(N(C)C)cc1)C(=O)COC(=O)C1C[C@H]2CCC[C@H](C1)C2=O. The van der Waals surface area contributed by atoms with Gasteiger partial charge in [-0.15, -0.1) is 0 Å². The van der Waals surface area contributed by atoms with Gasteiger partial charge in [-0.25, -0.2) is 0 Å². The molecule has 2 bridgehead atoms. The number of benzene rings is 1. The van der Waals surface area contributed by atoms with E-state index in [0.29, 0.717) is 25.2 Å². The second-order valence-corrected chi connectivity index (χ2v) is 8.31. The van der Waals surface area contributed by atoms with Gasteiger partial charge in [0, 0.05) is 45.2 Å². The molecule has 0 heterocycles. The van der Waals surface area contributed by atoms with E-state index < -0.39 is 0 Å². The number of rotatable bonds is 6. The van der Waals surface area contributed by atoms with E-state index in [1.165, 1.54) is 0 Å². The molecule has 2 aliphatic rings. The molecule has 2 atom stereocenters. The summed E-state index contributed by atoms with van der Waals surface area (Å²) in [6.07, 6.45) is 4.00. The minimum Gasteiger partial charge on any atom is -0.455 e. The van der Waals surface area contributed by atoms with Gasteiger partial charge in [0.1, 0.15) is 5.78 Å². The van der Waals surface area contributed by atoms with Crippen molar-refractivity contribution in [3.05, 3.63) is 29.8 Å². The van der Waals surface area contributed by atoms with Crippen molar-refractivity contribution in [3.8, 4) is 0 Å². The zero-order chi connectivity index (χ0) is 20.3. The van der Waals surface area contributed by atoms with E-state index in [0.717, 1.165) is 30.5 Å². The van der Waals surface area contributed by atoms with Crippen LogP contribution >= 0.6 is 0 Å². The fourth-order valence-electron chi connectivity index (χ4n) is 4.29. The number of Topliss-reactive ketones (excluding diaryl/α,β-unsaturated/α-hetero) is 1. The second-order valence-electron chi connectivity index (χ2n) is 8.31. The van der Waals surface area contributed by atoms with Crippen LogP contribution in [0.5, 0.6) is 0 Å². The molecular formula is C22H30N2O4. The average Bonchev–Trinajstić information content (AvgIpc) is 2.66. The van der Waals surface area contributed by atoms with Crippen LogP contribution in [0, 0.1) is 17.8 Å². The largest absolute Gasteiger partial charge is 0.455 e. The van der Waals surface area contributed by atoms with Crippen molar-refractivity contribution < 1.29 is 19.1 Å². The van der Waals surface area contributed by atoms with E-state index in [4.69, 9.17) is 4.74 Å². The van der Waals surface area contributed by atoms with Gasteiger partial charge in [-0.3, -0.25) is 14.4 Å². The molecule has 2 saturated carbocycles. The van der Waals surface area contributed by atoms with Crippen LogP contribution in [-0.4, -0.2) is 50.3 Å². The summed E-state index contributed by atoms with van der Waals surface area (Å²) < 4.78 is 5.31. The highest BCUT2D eigenvalue weighted by Crippen LogP contribution is 2.40. The van der Waals surface area contributed by atoms with E-state index >= 15 is 0 Å². The molecule has 6 nitrogen and oxygen atoms in total. The predicted molar refractivity (Wildman–Crippen MR) is 107 cm³/mol. The first-order valence-corrected chi connectivity index (χ1v) is 10.1. The second kappa shape index (κ2) is 8.76. The highest BCUT2D eigenvalue weighted by molar-refractivity contribution is 5.88. The van der Waals surface area contributed by atoms with Gasteiger partial charge >= 0.3 is 5.97 Å². The third-order valence-electron chi connectivity index (χ3n) is 6.02. The molecule has 0 aliphatic heterocycles. The first-order valence-electron chi connectivity index (χ1n) is 10.1. The Labute approximate surface area is 166 Å². The summed E-state index contributed by atoms with van der Waals surface area (Å²) in [6, 6.07) is 8.00. The van der Waals surface area contributed by atoms with Gasteiger partial charge < -0.3 is 14.5 Å². The lowest BCUT2D eigenvalue weighted by atomic mass is 9.67. The van der Waals surface area contributed by atoms with Crippen molar-refractivity contribution in [1.82, 2.24) is 4.90 Å². The Kier molecular flexibility index (Phi) is 6.37. The predicted octanol–water partition coefficient (Wildman–Crippen LogP) is 2.65. The zero-order valence-electron chi connectivity index (χ0n) is 17.0. The molecule has 1 amide bonds. The van der Waals surface area contributed by atoms with Gasteiger partial charge in [0.15, 0.2) is 6.61 Å². The fraction of sp³-hybridized carbons (Fsp3) is 0.591. The Morgan fingerprint density at radius 1 is 1.04 bits per heavy atom. The normalized spacial score (nSPS) is 23.8. The Morgan fingerprint density at radius 2 is 1.64 bits per heavy atom. The topological polar surface area (TPSA) is 66.9 Å². The van der Waals surface area contributed by atoms with Crippen LogP contribution in [0.4, 0.5) is 5.69 Å². The summed E-state index contributed by atoms with van der Waals surface area (Å²) in [5.41, 5.74) is 2.12. The minimum absolute atomic E-state index is 0.00793. The van der Waals surface area contributed by atoms with Gasteiger partial charge in [0.2, 0.25) is 0 Å². The molecule has 0 saturated heterocycles. The van der Waals surface area contributed by atoms with E-state index in [1.54, 1.807) is 11.9 Å². The monoisotopic (exact) mass is 386 g/mol. The molecule has 0 aromatic heterocycles. The van der Waals surface area contributed by atoms with Gasteiger partial charge in [-0.05, 0) is 43.4 Å². The summed E-state index contributed by atoms with van der Waals surface area (Å²) in [6.45, 7) is 0.219. The Hall–Kier alpha value is -2.37. The number of hydrogen-bond acceptors (Lipinski definition) is 5. The molecule has 152 valence electrons. The van der Waals surface area contributed by atoms with Crippen molar-refractivity contribution in [3.63, 3.8) is 0 Å². The molecule has 2 aliphatic carbocycles. The van der Waals surface area contributed by atoms with Crippen molar-refractivity contribution in [2.24, 2.45) is 17.8 Å². The molecule has 3 rings (SSSR count). The number of fused-ring (bicyclic) bond motifs is 2. The first kappa shape index (κ1) is 20.4. The summed E-state index contributed by atoms with van der Waals surface area (Å²) in [7, 11) is 5.67. The van der Waals surface area contributed by atoms with Crippen molar-refractivity contribution in [2.45, 2.75) is 38.6 Å². The number of anilines is 1. The lowest BCUT2D eigenvalue weighted by Gasteiger charge is -2.36. The Bertz CT molecular complexity index is 713. The third-order valence-corrected chi connectivity index (χ3v) is 6.02. The summed E-state index contributed by atoms with van der Waals surface area (Å²) >= 11 is 0. The smallest absolute Gasteiger partial charge is 0.309 e. The molecule has 1 aromatic rings. The highest BCUT2D eigenvalue weighted by atomic mass is 16.5. The molecule has 0 radical (unpaired) electrons. The molecule has 6 heteroatoms. The molecule has 2 fully saturated rings. The lowest BCUT2D eigenvalue weighted by molar-refractivity contribution is -0.158. The number of likely N-dealkylation sites (N-methyl/N-ethyl adjacent to an activating group) is 1. The molecule has 0 N–H and O–H groups in total.